The molecule has 0 aromatic carbocycles. The molecule has 9 nitrogen and oxygen atoms in total. The van der Waals surface area contributed by atoms with Crippen LogP contribution in [0.25, 0.3) is 16.7 Å². The molecule has 1 fully saturated rings. The summed E-state index contributed by atoms with van der Waals surface area (Å²) >= 11 is 1.33. The van der Waals surface area contributed by atoms with Gasteiger partial charge in [0.05, 0.1) is 17.6 Å². The molecule has 2 aromatic rings. The Bertz CT molecular complexity index is 1180. The van der Waals surface area contributed by atoms with E-state index >= 15 is 0 Å². The summed E-state index contributed by atoms with van der Waals surface area (Å²) in [7, 11) is -3.34. The Morgan fingerprint density at radius 2 is 2.24 bits per heavy atom. The van der Waals surface area contributed by atoms with Crippen LogP contribution < -0.4 is 11.1 Å². The highest BCUT2D eigenvalue weighted by Gasteiger charge is 2.30. The maximum atomic E-state index is 13.0. The van der Waals surface area contributed by atoms with Gasteiger partial charge in [-0.15, -0.1) is 0 Å². The molecule has 0 aliphatic carbocycles. The van der Waals surface area contributed by atoms with Gasteiger partial charge in [-0.2, -0.15) is 4.31 Å². The fourth-order valence-electron chi connectivity index (χ4n) is 3.68. The Hall–Kier alpha value is -2.37. The highest BCUT2D eigenvalue weighted by Crippen LogP contribution is 2.24. The minimum atomic E-state index is -3.34. The molecule has 3 rings (SSSR count). The zero-order valence-corrected chi connectivity index (χ0v) is 22.0. The number of amidine groups is 1. The van der Waals surface area contributed by atoms with Crippen molar-refractivity contribution in [2.24, 2.45) is 16.1 Å². The summed E-state index contributed by atoms with van der Waals surface area (Å²) in [6, 6.07) is 1.73. The topological polar surface area (TPSA) is 129 Å². The van der Waals surface area contributed by atoms with Gasteiger partial charge in [-0.25, -0.2) is 23.4 Å². The molecular formula is C23H35N7O2S2. The number of piperidine rings is 1. The molecule has 1 aliphatic heterocycles. The van der Waals surface area contributed by atoms with Crippen molar-refractivity contribution in [3.63, 3.8) is 0 Å². The first-order chi connectivity index (χ1) is 16.0. The second kappa shape index (κ2) is 10.9. The van der Waals surface area contributed by atoms with Crippen LogP contribution in [0.4, 0.5) is 0 Å². The lowest BCUT2D eigenvalue weighted by molar-refractivity contribution is 0.291. The normalized spacial score (nSPS) is 19.2. The van der Waals surface area contributed by atoms with E-state index in [-0.39, 0.29) is 17.2 Å². The SMILES string of the molecule is C=C/C(=C(\N=C(N)SC)N[C@H]1CCCN(S(=O)(=O)CCC(C)(C)C)C1)c1cnc2[nH]ccc2n1. The first kappa shape index (κ1) is 26.2. The molecule has 0 spiro atoms. The number of thioether (sulfide) groups is 1. The molecular weight excluding hydrogens is 470 g/mol. The molecule has 0 amide bonds. The van der Waals surface area contributed by atoms with Crippen LogP contribution in [0.15, 0.2) is 41.9 Å². The molecule has 1 atom stereocenters. The van der Waals surface area contributed by atoms with Crippen molar-refractivity contribution in [3.05, 3.63) is 42.6 Å². The van der Waals surface area contributed by atoms with Crippen LogP contribution in [0.2, 0.25) is 0 Å². The van der Waals surface area contributed by atoms with Crippen molar-refractivity contribution >= 4 is 43.7 Å². The molecule has 0 unspecified atom stereocenters. The van der Waals surface area contributed by atoms with E-state index in [1.807, 2.05) is 12.3 Å². The third-order valence-corrected chi connectivity index (χ3v) is 8.00. The molecule has 11 heteroatoms. The van der Waals surface area contributed by atoms with Gasteiger partial charge in [0, 0.05) is 30.9 Å². The molecule has 2 aromatic heterocycles. The first-order valence-corrected chi connectivity index (χ1v) is 14.2. The number of aromatic nitrogens is 3. The lowest BCUT2D eigenvalue weighted by atomic mass is 9.94. The van der Waals surface area contributed by atoms with E-state index in [0.717, 1.165) is 18.4 Å². The van der Waals surface area contributed by atoms with Gasteiger partial charge in [0.15, 0.2) is 10.8 Å². The number of aromatic amines is 1. The smallest absolute Gasteiger partial charge is 0.214 e. The van der Waals surface area contributed by atoms with Gasteiger partial charge in [-0.1, -0.05) is 45.2 Å². The van der Waals surface area contributed by atoms with Crippen molar-refractivity contribution in [1.82, 2.24) is 24.6 Å². The van der Waals surface area contributed by atoms with Crippen LogP contribution >= 0.6 is 11.8 Å². The van der Waals surface area contributed by atoms with Crippen molar-refractivity contribution in [2.45, 2.75) is 46.1 Å². The Kier molecular flexibility index (Phi) is 8.43. The molecule has 0 saturated carbocycles. The number of hydrogen-bond acceptors (Lipinski definition) is 7. The maximum absolute atomic E-state index is 13.0. The number of H-pyrrole nitrogens is 1. The predicted molar refractivity (Wildman–Crippen MR) is 142 cm³/mol. The molecule has 1 saturated heterocycles. The minimum absolute atomic E-state index is 0.0407. The number of fused-ring (bicyclic) bond motifs is 1. The Morgan fingerprint density at radius 1 is 1.47 bits per heavy atom. The average Bonchev–Trinajstić information content (AvgIpc) is 3.26. The zero-order chi connectivity index (χ0) is 24.9. The summed E-state index contributed by atoms with van der Waals surface area (Å²) in [5, 5.41) is 3.81. The summed E-state index contributed by atoms with van der Waals surface area (Å²) in [4.78, 5) is 16.7. The van der Waals surface area contributed by atoms with E-state index in [4.69, 9.17) is 5.73 Å². The van der Waals surface area contributed by atoms with E-state index in [1.165, 1.54) is 11.8 Å². The number of nitrogens with two attached hydrogens (primary N) is 1. The number of hydrogen-bond donors (Lipinski definition) is 3. The van der Waals surface area contributed by atoms with Crippen LogP contribution in [0.5, 0.6) is 0 Å². The van der Waals surface area contributed by atoms with Crippen molar-refractivity contribution < 1.29 is 8.42 Å². The van der Waals surface area contributed by atoms with E-state index in [9.17, 15) is 8.42 Å². The van der Waals surface area contributed by atoms with Crippen molar-refractivity contribution in [3.8, 4) is 0 Å². The fourth-order valence-corrected chi connectivity index (χ4v) is 5.80. The molecule has 1 aliphatic rings. The monoisotopic (exact) mass is 505 g/mol. The van der Waals surface area contributed by atoms with Crippen molar-refractivity contribution in [1.29, 1.82) is 0 Å². The third-order valence-electron chi connectivity index (χ3n) is 5.66. The Labute approximate surface area is 206 Å². The van der Waals surface area contributed by atoms with Crippen molar-refractivity contribution in [2.75, 3.05) is 25.1 Å². The third kappa shape index (κ3) is 6.83. The second-order valence-corrected chi connectivity index (χ2v) is 12.5. The van der Waals surface area contributed by atoms with Gasteiger partial charge in [0.2, 0.25) is 10.0 Å². The summed E-state index contributed by atoms with van der Waals surface area (Å²) in [5.74, 6) is 0.651. The van der Waals surface area contributed by atoms with Gasteiger partial charge in [0.1, 0.15) is 11.3 Å². The molecule has 0 bridgehead atoms. The summed E-state index contributed by atoms with van der Waals surface area (Å²) in [5.41, 5.74) is 8.69. The first-order valence-electron chi connectivity index (χ1n) is 11.3. The number of allylic oxidation sites excluding steroid dienone is 2. The van der Waals surface area contributed by atoms with Gasteiger partial charge < -0.3 is 16.0 Å². The highest BCUT2D eigenvalue weighted by atomic mass is 32.2. The highest BCUT2D eigenvalue weighted by molar-refractivity contribution is 8.13. The van der Waals surface area contributed by atoms with E-state index in [0.29, 0.717) is 47.4 Å². The molecule has 3 heterocycles. The van der Waals surface area contributed by atoms with Crippen LogP contribution in [0.1, 0.15) is 45.7 Å². The summed E-state index contributed by atoms with van der Waals surface area (Å²) in [6.45, 7) is 11.0. The molecule has 186 valence electrons. The number of nitrogens with one attached hydrogen (secondary N) is 2. The van der Waals surface area contributed by atoms with Crippen LogP contribution in [0, 0.1) is 5.41 Å². The van der Waals surface area contributed by atoms with E-state index in [2.05, 4.69) is 52.6 Å². The van der Waals surface area contributed by atoms with E-state index in [1.54, 1.807) is 22.8 Å². The maximum Gasteiger partial charge on any atom is 0.214 e. The lowest BCUT2D eigenvalue weighted by Crippen LogP contribution is -2.48. The standard InChI is InChI=1S/C23H35N7O2S2/c1-6-17(19-14-26-21-18(28-19)9-11-25-21)20(29-22(24)33-5)27-16-8-7-12-30(15-16)34(31,32)13-10-23(2,3)4/h6,9,11,14,16,27H,1,7-8,10,12-13,15H2,2-5H3,(H2,24,29)(H,25,26)/b20-17+/t16-/m0/s1. The number of aliphatic imine (C=N–C) groups is 1. The summed E-state index contributed by atoms with van der Waals surface area (Å²) < 4.78 is 27.6. The van der Waals surface area contributed by atoms with Crippen LogP contribution in [-0.2, 0) is 10.0 Å². The lowest BCUT2D eigenvalue weighted by Gasteiger charge is -2.33. The number of rotatable bonds is 8. The number of sulfonamides is 1. The molecule has 0 radical (unpaired) electrons. The number of nitrogens with zero attached hydrogens (tertiary/aromatic N) is 4. The molecule has 34 heavy (non-hydrogen) atoms. The van der Waals surface area contributed by atoms with Gasteiger partial charge in [-0.3, -0.25) is 0 Å². The van der Waals surface area contributed by atoms with E-state index < -0.39 is 10.0 Å². The average molecular weight is 506 g/mol. The van der Waals surface area contributed by atoms with Crippen LogP contribution in [-0.4, -0.2) is 64.0 Å². The summed E-state index contributed by atoms with van der Waals surface area (Å²) in [6.07, 6.45) is 9.15. The van der Waals surface area contributed by atoms with Gasteiger partial charge in [-0.05, 0) is 37.0 Å². The van der Waals surface area contributed by atoms with Gasteiger partial charge in [0.25, 0.3) is 0 Å². The second-order valence-electron chi connectivity index (χ2n) is 9.56. The largest absolute Gasteiger partial charge is 0.378 e. The quantitative estimate of drug-likeness (QED) is 0.285. The Balaban J connectivity index is 1.88. The van der Waals surface area contributed by atoms with Gasteiger partial charge >= 0.3 is 0 Å². The van der Waals surface area contributed by atoms with Crippen LogP contribution in [0.3, 0.4) is 0 Å². The fraction of sp³-hybridized carbons (Fsp3) is 0.522. The minimum Gasteiger partial charge on any atom is -0.378 e. The Morgan fingerprint density at radius 3 is 2.91 bits per heavy atom. The predicted octanol–water partition coefficient (Wildman–Crippen LogP) is 3.31. The zero-order valence-electron chi connectivity index (χ0n) is 20.3. The molecule has 4 N–H and O–H groups in total.